The van der Waals surface area contributed by atoms with Crippen molar-refractivity contribution in [2.45, 2.75) is 0 Å². The van der Waals surface area contributed by atoms with Crippen LogP contribution in [0.5, 0.6) is 17.2 Å². The minimum atomic E-state index is 0.236. The molecule has 3 aromatic rings. The highest BCUT2D eigenvalue weighted by Crippen LogP contribution is 2.36. The van der Waals surface area contributed by atoms with E-state index in [0.717, 1.165) is 32.1 Å². The SMILES string of the molecule is Brc1cccc(OC2=CC(Oc3cccc(Br)c3Br)=NN(Oc3cccc(Br)c3Br)N2)c1Br. The Morgan fingerprint density at radius 1 is 0.636 bits per heavy atom. The van der Waals surface area contributed by atoms with E-state index in [-0.39, 0.29) is 5.90 Å². The molecule has 0 spiro atoms. The summed E-state index contributed by atoms with van der Waals surface area (Å²) in [5, 5.41) is 5.55. The predicted octanol–water partition coefficient (Wildman–Crippen LogP) is 8.69. The Balaban J connectivity index is 1.65. The molecule has 0 fully saturated rings. The van der Waals surface area contributed by atoms with Crippen molar-refractivity contribution in [1.29, 1.82) is 0 Å². The van der Waals surface area contributed by atoms with Gasteiger partial charge in [0, 0.05) is 13.4 Å². The van der Waals surface area contributed by atoms with Crippen LogP contribution in [0, 0.1) is 0 Å². The summed E-state index contributed by atoms with van der Waals surface area (Å²) in [6.45, 7) is 0. The maximum Gasteiger partial charge on any atom is 0.247 e. The second-order valence-corrected chi connectivity index (χ2v) is 11.2. The fourth-order valence-electron chi connectivity index (χ4n) is 2.53. The van der Waals surface area contributed by atoms with Gasteiger partial charge in [-0.1, -0.05) is 23.3 Å². The maximum absolute atomic E-state index is 6.06. The molecular weight excluding hydrogens is 822 g/mol. The number of hydrogen-bond donors (Lipinski definition) is 1. The number of hydrazone groups is 1. The van der Waals surface area contributed by atoms with E-state index < -0.39 is 0 Å². The Labute approximate surface area is 240 Å². The average Bonchev–Trinajstić information content (AvgIpc) is 2.78. The fourth-order valence-corrected chi connectivity index (χ4v) is 4.60. The molecule has 0 saturated carbocycles. The number of nitrogens with one attached hydrogen (secondary N) is 1. The second kappa shape index (κ2) is 11.1. The van der Waals surface area contributed by atoms with Crippen LogP contribution in [-0.2, 0) is 0 Å². The number of ether oxygens (including phenoxy) is 2. The molecule has 1 aliphatic rings. The topological polar surface area (TPSA) is 55.3 Å². The van der Waals surface area contributed by atoms with Crippen molar-refractivity contribution in [3.8, 4) is 17.2 Å². The molecule has 0 saturated heterocycles. The molecule has 0 unspecified atom stereocenters. The van der Waals surface area contributed by atoms with Gasteiger partial charge < -0.3 is 14.3 Å². The highest BCUT2D eigenvalue weighted by atomic mass is 79.9. The van der Waals surface area contributed by atoms with Gasteiger partial charge in [0.15, 0.2) is 5.75 Å². The van der Waals surface area contributed by atoms with Crippen LogP contribution in [0.3, 0.4) is 0 Å². The third-order valence-corrected chi connectivity index (χ3v) is 10.1. The summed E-state index contributed by atoms with van der Waals surface area (Å²) < 4.78 is 16.9. The number of hydrogen-bond acceptors (Lipinski definition) is 6. The molecule has 1 N–H and O–H groups in total. The number of nitrogens with zero attached hydrogens (tertiary/aromatic N) is 2. The van der Waals surface area contributed by atoms with Crippen molar-refractivity contribution in [1.82, 2.24) is 10.7 Å². The zero-order valence-corrected chi connectivity index (χ0v) is 25.7. The van der Waals surface area contributed by atoms with Gasteiger partial charge in [-0.05, 0) is 137 Å². The largest absolute Gasteiger partial charge is 0.438 e. The van der Waals surface area contributed by atoms with Gasteiger partial charge in [0.1, 0.15) is 11.5 Å². The van der Waals surface area contributed by atoms with Gasteiger partial charge >= 0.3 is 0 Å². The van der Waals surface area contributed by atoms with Gasteiger partial charge in [-0.25, -0.2) is 5.43 Å². The summed E-state index contributed by atoms with van der Waals surface area (Å²) in [5.74, 6) is 2.23. The molecule has 4 rings (SSSR count). The van der Waals surface area contributed by atoms with Crippen molar-refractivity contribution < 1.29 is 14.3 Å². The smallest absolute Gasteiger partial charge is 0.247 e. The van der Waals surface area contributed by atoms with Crippen molar-refractivity contribution in [3.63, 3.8) is 0 Å². The van der Waals surface area contributed by atoms with E-state index in [0.29, 0.717) is 23.1 Å². The molecular formula is C21H11Br6N3O3. The first kappa shape index (κ1) is 25.1. The van der Waals surface area contributed by atoms with E-state index in [2.05, 4.69) is 106 Å². The van der Waals surface area contributed by atoms with Gasteiger partial charge in [-0.15, -0.1) is 0 Å². The van der Waals surface area contributed by atoms with Crippen LogP contribution in [0.25, 0.3) is 0 Å². The van der Waals surface area contributed by atoms with Crippen LogP contribution in [0.4, 0.5) is 0 Å². The monoisotopic (exact) mass is 827 g/mol. The molecule has 0 aliphatic carbocycles. The van der Waals surface area contributed by atoms with E-state index in [1.54, 1.807) is 12.1 Å². The number of halogens is 6. The predicted molar refractivity (Wildman–Crippen MR) is 148 cm³/mol. The van der Waals surface area contributed by atoms with Crippen LogP contribution in [-0.4, -0.2) is 11.2 Å². The van der Waals surface area contributed by atoms with Gasteiger partial charge in [-0.2, -0.15) is 0 Å². The molecule has 33 heavy (non-hydrogen) atoms. The first-order valence-electron chi connectivity index (χ1n) is 9.04. The fraction of sp³-hybridized carbons (Fsp3) is 0. The van der Waals surface area contributed by atoms with Crippen molar-refractivity contribution in [2.75, 3.05) is 0 Å². The summed E-state index contributed by atoms with van der Waals surface area (Å²) in [6.07, 6.45) is 1.62. The van der Waals surface area contributed by atoms with Crippen molar-refractivity contribution in [2.24, 2.45) is 5.10 Å². The molecule has 0 bridgehead atoms. The standard InChI is InChI=1S/C21H11Br6N3O3/c22-11-4-1-7-14(19(11)25)31-17-10-18(32-15-8-2-5-12(23)20(15)26)29-30(28-17)33-16-9-3-6-13(24)21(16)27/h1-10,28H. The molecule has 0 amide bonds. The number of rotatable bonds is 5. The third kappa shape index (κ3) is 6.15. The van der Waals surface area contributed by atoms with E-state index in [9.17, 15) is 0 Å². The third-order valence-electron chi connectivity index (χ3n) is 4.02. The van der Waals surface area contributed by atoms with Gasteiger partial charge in [0.05, 0.1) is 19.5 Å². The van der Waals surface area contributed by atoms with E-state index in [1.807, 2.05) is 48.5 Å². The molecule has 0 aromatic heterocycles. The summed E-state index contributed by atoms with van der Waals surface area (Å²) >= 11 is 21.0. The lowest BCUT2D eigenvalue weighted by Crippen LogP contribution is -2.42. The Bertz CT molecular complexity index is 1270. The summed E-state index contributed by atoms with van der Waals surface area (Å²) in [5.41, 5.74) is 2.97. The Hall–Kier alpha value is -1.05. The molecule has 12 heteroatoms. The van der Waals surface area contributed by atoms with Crippen LogP contribution in [0.2, 0.25) is 0 Å². The Morgan fingerprint density at radius 3 is 1.70 bits per heavy atom. The normalized spacial score (nSPS) is 13.1. The maximum atomic E-state index is 6.06. The number of benzene rings is 3. The van der Waals surface area contributed by atoms with E-state index >= 15 is 0 Å². The van der Waals surface area contributed by atoms with Gasteiger partial charge in [-0.3, -0.25) is 0 Å². The van der Waals surface area contributed by atoms with Crippen LogP contribution in [0.1, 0.15) is 0 Å². The van der Waals surface area contributed by atoms with E-state index in [1.165, 1.54) is 0 Å². The quantitative estimate of drug-likeness (QED) is 0.279. The lowest BCUT2D eigenvalue weighted by Gasteiger charge is -2.26. The molecule has 0 atom stereocenters. The average molecular weight is 833 g/mol. The van der Waals surface area contributed by atoms with Crippen molar-refractivity contribution in [3.05, 3.63) is 93.4 Å². The van der Waals surface area contributed by atoms with Crippen LogP contribution in [0.15, 0.2) is 98.5 Å². The molecule has 3 aromatic carbocycles. The Kier molecular flexibility index (Phi) is 8.45. The Morgan fingerprint density at radius 2 is 1.12 bits per heavy atom. The zero-order valence-electron chi connectivity index (χ0n) is 16.2. The highest BCUT2D eigenvalue weighted by Gasteiger charge is 2.21. The first-order valence-corrected chi connectivity index (χ1v) is 13.8. The minimum Gasteiger partial charge on any atom is -0.438 e. The molecule has 1 aliphatic heterocycles. The lowest BCUT2D eigenvalue weighted by molar-refractivity contribution is -0.107. The summed E-state index contributed by atoms with van der Waals surface area (Å²) in [4.78, 5) is 5.93. The van der Waals surface area contributed by atoms with Crippen molar-refractivity contribution >= 4 is 101 Å². The second-order valence-electron chi connectivity index (χ2n) is 6.28. The molecule has 6 nitrogen and oxygen atoms in total. The highest BCUT2D eigenvalue weighted by molar-refractivity contribution is 9.13. The van der Waals surface area contributed by atoms with Gasteiger partial charge in [0.2, 0.25) is 11.8 Å². The first-order chi connectivity index (χ1) is 15.8. The summed E-state index contributed by atoms with van der Waals surface area (Å²) in [7, 11) is 0. The van der Waals surface area contributed by atoms with Crippen LogP contribution >= 0.6 is 95.6 Å². The van der Waals surface area contributed by atoms with E-state index in [4.69, 9.17) is 14.3 Å². The molecule has 170 valence electrons. The minimum absolute atomic E-state index is 0.236. The molecule has 0 radical (unpaired) electrons. The number of hydrazine groups is 1. The molecule has 1 heterocycles. The summed E-state index contributed by atoms with van der Waals surface area (Å²) in [6, 6.07) is 16.7. The van der Waals surface area contributed by atoms with Crippen LogP contribution < -0.4 is 19.7 Å². The lowest BCUT2D eigenvalue weighted by atomic mass is 10.3. The van der Waals surface area contributed by atoms with Gasteiger partial charge in [0.25, 0.3) is 0 Å². The zero-order chi connectivity index (χ0) is 23.5.